The van der Waals surface area contributed by atoms with Crippen molar-refractivity contribution in [2.45, 2.75) is 26.4 Å². The van der Waals surface area contributed by atoms with Crippen molar-refractivity contribution in [1.82, 2.24) is 19.6 Å². The fraction of sp³-hybridized carbons (Fsp3) is 0.235. The molecular formula is C17H18ClN5O. The van der Waals surface area contributed by atoms with Gasteiger partial charge in [0.25, 0.3) is 0 Å². The zero-order chi connectivity index (χ0) is 17.1. The Morgan fingerprint density at radius 3 is 2.71 bits per heavy atom. The van der Waals surface area contributed by atoms with Crippen LogP contribution >= 0.6 is 11.6 Å². The van der Waals surface area contributed by atoms with Crippen molar-refractivity contribution >= 4 is 23.2 Å². The highest BCUT2D eigenvalue weighted by atomic mass is 35.5. The van der Waals surface area contributed by atoms with Crippen LogP contribution in [0, 0.1) is 6.92 Å². The van der Waals surface area contributed by atoms with E-state index in [0.717, 1.165) is 5.56 Å². The summed E-state index contributed by atoms with van der Waals surface area (Å²) in [5.74, 6) is -0.173. The number of carbonyl (C=O) groups is 1. The van der Waals surface area contributed by atoms with Crippen molar-refractivity contribution in [3.63, 3.8) is 0 Å². The van der Waals surface area contributed by atoms with Crippen molar-refractivity contribution in [1.29, 1.82) is 0 Å². The third-order valence-corrected chi connectivity index (χ3v) is 4.09. The van der Waals surface area contributed by atoms with Gasteiger partial charge in [-0.05, 0) is 19.4 Å². The van der Waals surface area contributed by atoms with E-state index >= 15 is 0 Å². The monoisotopic (exact) mass is 343 g/mol. The first-order valence-corrected chi connectivity index (χ1v) is 7.99. The molecule has 1 unspecified atom stereocenters. The first kappa shape index (κ1) is 16.3. The fourth-order valence-corrected chi connectivity index (χ4v) is 2.45. The zero-order valence-corrected chi connectivity index (χ0v) is 14.2. The molecule has 3 aromatic rings. The minimum absolute atomic E-state index is 0.173. The van der Waals surface area contributed by atoms with E-state index in [0.29, 0.717) is 22.9 Å². The number of aromatic nitrogens is 4. The van der Waals surface area contributed by atoms with Crippen LogP contribution in [0.1, 0.15) is 24.2 Å². The number of hydrogen-bond donors (Lipinski definition) is 1. The Hall–Kier alpha value is -2.60. The van der Waals surface area contributed by atoms with Gasteiger partial charge >= 0.3 is 0 Å². The molecule has 0 aliphatic carbocycles. The maximum Gasteiger partial charge on any atom is 0.249 e. The van der Waals surface area contributed by atoms with Crippen LogP contribution in [0.5, 0.6) is 0 Å². The van der Waals surface area contributed by atoms with E-state index in [1.54, 1.807) is 41.8 Å². The van der Waals surface area contributed by atoms with Gasteiger partial charge in [0.15, 0.2) is 0 Å². The summed E-state index contributed by atoms with van der Waals surface area (Å²) in [4.78, 5) is 12.3. The van der Waals surface area contributed by atoms with E-state index in [1.165, 1.54) is 0 Å². The van der Waals surface area contributed by atoms with Gasteiger partial charge < -0.3 is 5.32 Å². The van der Waals surface area contributed by atoms with Crippen LogP contribution < -0.4 is 5.32 Å². The van der Waals surface area contributed by atoms with Crippen LogP contribution in [-0.2, 0) is 11.3 Å². The van der Waals surface area contributed by atoms with E-state index in [-0.39, 0.29) is 5.91 Å². The molecule has 6 nitrogen and oxygen atoms in total. The Balaban J connectivity index is 1.64. The lowest BCUT2D eigenvalue weighted by Crippen LogP contribution is -2.23. The summed E-state index contributed by atoms with van der Waals surface area (Å²) in [5.41, 5.74) is 2.50. The van der Waals surface area contributed by atoms with Crippen molar-refractivity contribution < 1.29 is 4.79 Å². The summed E-state index contributed by atoms with van der Waals surface area (Å²) in [6.07, 6.45) is 5.09. The number of rotatable bonds is 5. The third-order valence-electron chi connectivity index (χ3n) is 3.72. The van der Waals surface area contributed by atoms with E-state index in [4.69, 9.17) is 11.6 Å². The van der Waals surface area contributed by atoms with E-state index in [9.17, 15) is 4.79 Å². The third kappa shape index (κ3) is 3.65. The van der Waals surface area contributed by atoms with Gasteiger partial charge in [-0.15, -0.1) is 0 Å². The van der Waals surface area contributed by atoms with Crippen LogP contribution in [0.25, 0.3) is 0 Å². The number of nitrogens with zero attached hydrogens (tertiary/aromatic N) is 4. The first-order valence-electron chi connectivity index (χ1n) is 7.61. The van der Waals surface area contributed by atoms with Gasteiger partial charge in [0, 0.05) is 12.4 Å². The zero-order valence-electron chi connectivity index (χ0n) is 13.5. The predicted molar refractivity (Wildman–Crippen MR) is 93.1 cm³/mol. The minimum atomic E-state index is -0.464. The molecule has 1 aromatic carbocycles. The Bertz CT molecular complexity index is 820. The van der Waals surface area contributed by atoms with Crippen molar-refractivity contribution in [2.24, 2.45) is 0 Å². The van der Waals surface area contributed by atoms with E-state index < -0.39 is 6.04 Å². The van der Waals surface area contributed by atoms with Crippen LogP contribution in [0.2, 0.25) is 5.02 Å². The maximum absolute atomic E-state index is 12.3. The highest BCUT2D eigenvalue weighted by Crippen LogP contribution is 2.17. The number of anilines is 1. The highest BCUT2D eigenvalue weighted by molar-refractivity contribution is 6.31. The molecule has 0 saturated carbocycles. The number of halogens is 1. The molecule has 0 aliphatic rings. The quantitative estimate of drug-likeness (QED) is 0.773. The molecule has 2 aromatic heterocycles. The number of aryl methyl sites for hydroxylation is 1. The first-order chi connectivity index (χ1) is 11.5. The van der Waals surface area contributed by atoms with Gasteiger partial charge in [-0.25, -0.2) is 0 Å². The van der Waals surface area contributed by atoms with E-state index in [2.05, 4.69) is 15.5 Å². The molecular weight excluding hydrogens is 326 g/mol. The standard InChI is InChI=1S/C17H18ClN5O/c1-12-16(18)11-23(21-12)13(2)17(24)20-15-8-19-22(10-15)9-14-6-4-3-5-7-14/h3-8,10-11,13H,9H2,1-2H3,(H,20,24). The Kier molecular flexibility index (Phi) is 4.66. The molecule has 0 fully saturated rings. The molecule has 124 valence electrons. The Labute approximate surface area is 145 Å². The predicted octanol–water partition coefficient (Wildman–Crippen LogP) is 3.29. The molecule has 3 rings (SSSR count). The van der Waals surface area contributed by atoms with Gasteiger partial charge in [-0.1, -0.05) is 41.9 Å². The lowest BCUT2D eigenvalue weighted by atomic mass is 10.2. The normalized spacial score (nSPS) is 12.1. The van der Waals surface area contributed by atoms with Crippen LogP contribution in [-0.4, -0.2) is 25.5 Å². The van der Waals surface area contributed by atoms with Crippen LogP contribution in [0.3, 0.4) is 0 Å². The second-order valence-corrected chi connectivity index (χ2v) is 6.03. The lowest BCUT2D eigenvalue weighted by Gasteiger charge is -2.11. The number of hydrogen-bond acceptors (Lipinski definition) is 3. The van der Waals surface area contributed by atoms with Crippen LogP contribution in [0.15, 0.2) is 48.9 Å². The van der Waals surface area contributed by atoms with Crippen molar-refractivity contribution in [2.75, 3.05) is 5.32 Å². The number of amides is 1. The van der Waals surface area contributed by atoms with Gasteiger partial charge in [0.1, 0.15) is 6.04 Å². The van der Waals surface area contributed by atoms with Crippen molar-refractivity contribution in [3.8, 4) is 0 Å². The van der Waals surface area contributed by atoms with E-state index in [1.807, 2.05) is 30.3 Å². The summed E-state index contributed by atoms with van der Waals surface area (Å²) >= 11 is 5.99. The number of benzene rings is 1. The Morgan fingerprint density at radius 1 is 1.29 bits per heavy atom. The molecule has 24 heavy (non-hydrogen) atoms. The van der Waals surface area contributed by atoms with Gasteiger partial charge in [0.05, 0.1) is 29.1 Å². The topological polar surface area (TPSA) is 64.7 Å². The largest absolute Gasteiger partial charge is 0.322 e. The number of carbonyl (C=O) groups excluding carboxylic acids is 1. The smallest absolute Gasteiger partial charge is 0.249 e. The molecule has 2 heterocycles. The van der Waals surface area contributed by atoms with Gasteiger partial charge in [-0.2, -0.15) is 10.2 Å². The lowest BCUT2D eigenvalue weighted by molar-refractivity contribution is -0.119. The molecule has 7 heteroatoms. The summed E-state index contributed by atoms with van der Waals surface area (Å²) in [5, 5.41) is 11.9. The van der Waals surface area contributed by atoms with Crippen LogP contribution in [0.4, 0.5) is 5.69 Å². The Morgan fingerprint density at radius 2 is 2.04 bits per heavy atom. The molecule has 0 bridgehead atoms. The summed E-state index contributed by atoms with van der Waals surface area (Å²) in [7, 11) is 0. The maximum atomic E-state index is 12.3. The average molecular weight is 344 g/mol. The van der Waals surface area contributed by atoms with Gasteiger partial charge in [0.2, 0.25) is 5.91 Å². The molecule has 1 amide bonds. The SMILES string of the molecule is Cc1nn(C(C)C(=O)Nc2cnn(Cc3ccccc3)c2)cc1Cl. The molecule has 0 aliphatic heterocycles. The minimum Gasteiger partial charge on any atom is -0.322 e. The average Bonchev–Trinajstić information content (AvgIpc) is 3.14. The molecule has 0 spiro atoms. The summed E-state index contributed by atoms with van der Waals surface area (Å²) in [6, 6.07) is 9.55. The second-order valence-electron chi connectivity index (χ2n) is 5.62. The number of nitrogens with one attached hydrogen (secondary N) is 1. The molecule has 0 saturated heterocycles. The second kappa shape index (κ2) is 6.88. The summed E-state index contributed by atoms with van der Waals surface area (Å²) in [6.45, 7) is 4.23. The molecule has 1 N–H and O–H groups in total. The fourth-order valence-electron chi connectivity index (χ4n) is 2.31. The molecule has 1 atom stereocenters. The van der Waals surface area contributed by atoms with Crippen molar-refractivity contribution in [3.05, 3.63) is 65.2 Å². The molecule has 0 radical (unpaired) electrons. The van der Waals surface area contributed by atoms with Gasteiger partial charge in [-0.3, -0.25) is 14.2 Å². The summed E-state index contributed by atoms with van der Waals surface area (Å²) < 4.78 is 3.34. The highest BCUT2D eigenvalue weighted by Gasteiger charge is 2.17.